The summed E-state index contributed by atoms with van der Waals surface area (Å²) >= 11 is 3.07. The second-order valence-electron chi connectivity index (χ2n) is 4.35. The summed E-state index contributed by atoms with van der Waals surface area (Å²) in [5.74, 6) is 0.698. The van der Waals surface area contributed by atoms with Crippen molar-refractivity contribution in [3.8, 4) is 22.1 Å². The normalized spacial score (nSPS) is 13.4. The van der Waals surface area contributed by atoms with Gasteiger partial charge in [-0.3, -0.25) is 4.79 Å². The first-order valence-corrected chi connectivity index (χ1v) is 7.90. The number of ether oxygens (including phenoxy) is 2. The van der Waals surface area contributed by atoms with Crippen LogP contribution in [0.2, 0.25) is 0 Å². The van der Waals surface area contributed by atoms with Gasteiger partial charge in [-0.2, -0.15) is 0 Å². The molecule has 2 aromatic rings. The largest absolute Gasteiger partial charge is 0.485 e. The molecule has 20 heavy (non-hydrogen) atoms. The van der Waals surface area contributed by atoms with Gasteiger partial charge in [-0.1, -0.05) is 0 Å². The number of thiazole rings is 1. The average molecular weight is 311 g/mol. The molecular weight excluding hydrogens is 298 g/mol. The van der Waals surface area contributed by atoms with Gasteiger partial charge in [0.25, 0.3) is 0 Å². The van der Waals surface area contributed by atoms with E-state index >= 15 is 0 Å². The van der Waals surface area contributed by atoms with Crippen LogP contribution in [0.3, 0.4) is 0 Å². The summed E-state index contributed by atoms with van der Waals surface area (Å²) in [5.41, 5.74) is 0.838. The summed E-state index contributed by atoms with van der Waals surface area (Å²) < 4.78 is 11.2. The Hall–Kier alpha value is -1.60. The molecule has 0 aromatic carbocycles. The number of carboxylic acid groups (broad SMARTS) is 1. The number of aliphatic carboxylic acids is 1. The third-order valence-corrected chi connectivity index (χ3v) is 4.86. The zero-order valence-electron chi connectivity index (χ0n) is 10.8. The molecule has 0 saturated heterocycles. The van der Waals surface area contributed by atoms with E-state index in [9.17, 15) is 4.79 Å². The van der Waals surface area contributed by atoms with Crippen molar-refractivity contribution in [1.82, 2.24) is 4.98 Å². The molecule has 106 valence electrons. The summed E-state index contributed by atoms with van der Waals surface area (Å²) in [6.07, 6.45) is 0.600. The van der Waals surface area contributed by atoms with E-state index in [0.717, 1.165) is 32.0 Å². The standard InChI is InChI=1S/C13H13NO4S2/c1-7-14-11(9(20-7)2-3-10(15)16)13-12-8(6-19-13)17-4-5-18-12/h6H,2-5H2,1H3,(H,15,16). The Kier molecular flexibility index (Phi) is 3.62. The molecule has 2 aromatic heterocycles. The monoisotopic (exact) mass is 311 g/mol. The van der Waals surface area contributed by atoms with Crippen molar-refractivity contribution in [3.05, 3.63) is 15.3 Å². The summed E-state index contributed by atoms with van der Waals surface area (Å²) in [4.78, 5) is 17.2. The summed E-state index contributed by atoms with van der Waals surface area (Å²) in [5, 5.41) is 11.7. The predicted octanol–water partition coefficient (Wildman–Crippen LogP) is 2.97. The van der Waals surface area contributed by atoms with Gasteiger partial charge in [0.05, 0.1) is 22.0 Å². The predicted molar refractivity (Wildman–Crippen MR) is 77.1 cm³/mol. The first-order valence-electron chi connectivity index (χ1n) is 6.20. The minimum atomic E-state index is -0.796. The molecule has 0 spiro atoms. The number of carbonyl (C=O) groups is 1. The van der Waals surface area contributed by atoms with Crippen molar-refractivity contribution in [2.45, 2.75) is 19.8 Å². The molecule has 3 rings (SSSR count). The number of aryl methyl sites for hydroxylation is 2. The van der Waals surface area contributed by atoms with E-state index in [-0.39, 0.29) is 6.42 Å². The van der Waals surface area contributed by atoms with Gasteiger partial charge in [-0.25, -0.2) is 4.98 Å². The summed E-state index contributed by atoms with van der Waals surface area (Å²) in [7, 11) is 0. The minimum Gasteiger partial charge on any atom is -0.485 e. The molecule has 1 aliphatic heterocycles. The van der Waals surface area contributed by atoms with Crippen LogP contribution < -0.4 is 9.47 Å². The van der Waals surface area contributed by atoms with Gasteiger partial charge >= 0.3 is 5.97 Å². The van der Waals surface area contributed by atoms with Crippen molar-refractivity contribution in [2.75, 3.05) is 13.2 Å². The molecular formula is C13H13NO4S2. The van der Waals surface area contributed by atoms with Crippen LogP contribution in [0.15, 0.2) is 5.38 Å². The van der Waals surface area contributed by atoms with Gasteiger partial charge in [0, 0.05) is 10.3 Å². The maximum Gasteiger partial charge on any atom is 0.303 e. The highest BCUT2D eigenvalue weighted by molar-refractivity contribution is 7.15. The number of aromatic nitrogens is 1. The molecule has 0 aliphatic carbocycles. The minimum absolute atomic E-state index is 0.111. The molecule has 3 heterocycles. The summed E-state index contributed by atoms with van der Waals surface area (Å²) in [6.45, 7) is 3.02. The Bertz CT molecular complexity index is 647. The van der Waals surface area contributed by atoms with Gasteiger partial charge in [0.1, 0.15) is 13.2 Å². The Morgan fingerprint density at radius 2 is 2.25 bits per heavy atom. The van der Waals surface area contributed by atoms with Crippen molar-refractivity contribution < 1.29 is 19.4 Å². The van der Waals surface area contributed by atoms with Crippen molar-refractivity contribution >= 4 is 28.6 Å². The van der Waals surface area contributed by atoms with E-state index < -0.39 is 5.97 Å². The van der Waals surface area contributed by atoms with Crippen molar-refractivity contribution in [1.29, 1.82) is 0 Å². The van der Waals surface area contributed by atoms with Crippen LogP contribution in [-0.4, -0.2) is 29.3 Å². The van der Waals surface area contributed by atoms with Gasteiger partial charge in [0.15, 0.2) is 11.5 Å². The molecule has 0 saturated carbocycles. The number of carboxylic acids is 1. The van der Waals surface area contributed by atoms with E-state index in [4.69, 9.17) is 14.6 Å². The van der Waals surface area contributed by atoms with E-state index in [0.29, 0.717) is 19.6 Å². The zero-order chi connectivity index (χ0) is 14.1. The van der Waals surface area contributed by atoms with Crippen LogP contribution in [-0.2, 0) is 11.2 Å². The number of rotatable bonds is 4. The van der Waals surface area contributed by atoms with Crippen LogP contribution in [0, 0.1) is 6.92 Å². The van der Waals surface area contributed by atoms with Gasteiger partial charge in [-0.15, -0.1) is 22.7 Å². The number of fused-ring (bicyclic) bond motifs is 1. The van der Waals surface area contributed by atoms with Gasteiger partial charge in [0.2, 0.25) is 0 Å². The van der Waals surface area contributed by atoms with Crippen LogP contribution in [0.5, 0.6) is 11.5 Å². The maximum absolute atomic E-state index is 10.8. The Labute approximate surface area is 123 Å². The molecule has 0 radical (unpaired) electrons. The fraction of sp³-hybridized carbons (Fsp3) is 0.385. The topological polar surface area (TPSA) is 68.7 Å². The maximum atomic E-state index is 10.8. The number of hydrogen-bond acceptors (Lipinski definition) is 6. The number of thiophene rings is 1. The van der Waals surface area contributed by atoms with Gasteiger partial charge in [-0.05, 0) is 13.3 Å². The molecule has 0 bridgehead atoms. The van der Waals surface area contributed by atoms with Crippen LogP contribution in [0.4, 0.5) is 0 Å². The van der Waals surface area contributed by atoms with E-state index in [1.54, 1.807) is 11.3 Å². The average Bonchev–Trinajstić information content (AvgIpc) is 2.99. The lowest BCUT2D eigenvalue weighted by Crippen LogP contribution is -2.14. The third kappa shape index (κ3) is 2.51. The Morgan fingerprint density at radius 1 is 1.45 bits per heavy atom. The van der Waals surface area contributed by atoms with Crippen LogP contribution in [0.1, 0.15) is 16.3 Å². The zero-order valence-corrected chi connectivity index (χ0v) is 12.5. The summed E-state index contributed by atoms with van der Waals surface area (Å²) in [6, 6.07) is 0. The fourth-order valence-electron chi connectivity index (χ4n) is 2.06. The van der Waals surface area contributed by atoms with Crippen molar-refractivity contribution in [2.24, 2.45) is 0 Å². The lowest BCUT2D eigenvalue weighted by atomic mass is 10.2. The lowest BCUT2D eigenvalue weighted by Gasteiger charge is -2.15. The second kappa shape index (κ2) is 5.41. The fourth-order valence-corrected chi connectivity index (χ4v) is 4.02. The highest BCUT2D eigenvalue weighted by atomic mass is 32.1. The molecule has 7 heteroatoms. The third-order valence-electron chi connectivity index (χ3n) is 2.89. The van der Waals surface area contributed by atoms with Crippen LogP contribution in [0.25, 0.3) is 10.6 Å². The SMILES string of the molecule is Cc1nc(-c2scc3c2OCCO3)c(CCC(=O)O)s1. The lowest BCUT2D eigenvalue weighted by molar-refractivity contribution is -0.136. The molecule has 5 nitrogen and oxygen atoms in total. The van der Waals surface area contributed by atoms with Gasteiger partial charge < -0.3 is 14.6 Å². The molecule has 0 unspecified atom stereocenters. The first-order chi connectivity index (χ1) is 9.65. The van der Waals surface area contributed by atoms with E-state index in [1.807, 2.05) is 12.3 Å². The highest BCUT2D eigenvalue weighted by Gasteiger charge is 2.24. The second-order valence-corrected chi connectivity index (χ2v) is 6.52. The van der Waals surface area contributed by atoms with E-state index in [1.165, 1.54) is 11.3 Å². The Morgan fingerprint density at radius 3 is 3.05 bits per heavy atom. The molecule has 0 amide bonds. The highest BCUT2D eigenvalue weighted by Crippen LogP contribution is 2.47. The molecule has 0 atom stereocenters. The Balaban J connectivity index is 1.97. The first kappa shape index (κ1) is 13.4. The quantitative estimate of drug-likeness (QED) is 0.940. The number of nitrogens with zero attached hydrogens (tertiary/aromatic N) is 1. The smallest absolute Gasteiger partial charge is 0.303 e. The van der Waals surface area contributed by atoms with Crippen LogP contribution >= 0.6 is 22.7 Å². The number of hydrogen-bond donors (Lipinski definition) is 1. The molecule has 0 fully saturated rings. The molecule has 1 aliphatic rings. The van der Waals surface area contributed by atoms with E-state index in [2.05, 4.69) is 4.98 Å². The van der Waals surface area contributed by atoms with Crippen molar-refractivity contribution in [3.63, 3.8) is 0 Å². The molecule has 1 N–H and O–H groups in total.